The van der Waals surface area contributed by atoms with Gasteiger partial charge in [0.1, 0.15) is 12.4 Å². The van der Waals surface area contributed by atoms with Crippen LogP contribution in [0, 0.1) is 11.3 Å². The molecule has 3 nitrogen and oxygen atoms in total. The smallest absolute Gasteiger partial charge is 0.130 e. The van der Waals surface area contributed by atoms with Crippen LogP contribution in [0.25, 0.3) is 17.0 Å². The van der Waals surface area contributed by atoms with Crippen LogP contribution in [0.3, 0.4) is 0 Å². The SMILES string of the molecule is N#CCc1ccccc1CC=Cc1cccc(OCc2ccc3ccc(Cl)cc3n2)c1. The molecule has 4 heteroatoms. The summed E-state index contributed by atoms with van der Waals surface area (Å²) in [6.07, 6.45) is 5.41. The molecule has 0 aliphatic rings. The lowest BCUT2D eigenvalue weighted by Gasteiger charge is -2.08. The number of ether oxygens (including phenoxy) is 1. The number of benzene rings is 3. The molecular formula is C27H21ClN2O. The fraction of sp³-hybridized carbons (Fsp3) is 0.111. The van der Waals surface area contributed by atoms with Gasteiger partial charge in [0, 0.05) is 10.4 Å². The number of fused-ring (bicyclic) bond motifs is 1. The first-order chi connectivity index (χ1) is 15.2. The molecule has 0 atom stereocenters. The van der Waals surface area contributed by atoms with Gasteiger partial charge in [0.15, 0.2) is 0 Å². The van der Waals surface area contributed by atoms with Gasteiger partial charge in [-0.25, -0.2) is 4.98 Å². The van der Waals surface area contributed by atoms with E-state index in [9.17, 15) is 0 Å². The first-order valence-corrected chi connectivity index (χ1v) is 10.5. The summed E-state index contributed by atoms with van der Waals surface area (Å²) in [6.45, 7) is 0.386. The molecule has 4 aromatic rings. The monoisotopic (exact) mass is 424 g/mol. The number of rotatable bonds is 7. The molecule has 4 rings (SSSR count). The molecule has 0 amide bonds. The highest BCUT2D eigenvalue weighted by Gasteiger charge is 2.02. The van der Waals surface area contributed by atoms with Crippen molar-refractivity contribution in [3.63, 3.8) is 0 Å². The van der Waals surface area contributed by atoms with Crippen molar-refractivity contribution in [3.8, 4) is 11.8 Å². The lowest BCUT2D eigenvalue weighted by Crippen LogP contribution is -1.98. The van der Waals surface area contributed by atoms with E-state index in [4.69, 9.17) is 21.6 Å². The first-order valence-electron chi connectivity index (χ1n) is 10.1. The van der Waals surface area contributed by atoms with E-state index in [1.807, 2.05) is 72.8 Å². The number of nitrogens with zero attached hydrogens (tertiary/aromatic N) is 2. The second-order valence-electron chi connectivity index (χ2n) is 7.21. The van der Waals surface area contributed by atoms with E-state index in [-0.39, 0.29) is 0 Å². The van der Waals surface area contributed by atoms with Crippen molar-refractivity contribution < 1.29 is 4.74 Å². The van der Waals surface area contributed by atoms with Crippen LogP contribution in [0.15, 0.2) is 84.9 Å². The van der Waals surface area contributed by atoms with Crippen molar-refractivity contribution in [1.82, 2.24) is 4.98 Å². The van der Waals surface area contributed by atoms with Gasteiger partial charge in [-0.05, 0) is 53.4 Å². The fourth-order valence-electron chi connectivity index (χ4n) is 3.41. The van der Waals surface area contributed by atoms with Gasteiger partial charge in [0.2, 0.25) is 0 Å². The zero-order chi connectivity index (χ0) is 21.5. The summed E-state index contributed by atoms with van der Waals surface area (Å²) in [5.41, 5.74) is 5.03. The molecule has 0 N–H and O–H groups in total. The Kier molecular flexibility index (Phi) is 6.62. The molecule has 0 saturated heterocycles. The molecule has 1 aromatic heterocycles. The highest BCUT2D eigenvalue weighted by atomic mass is 35.5. The quantitative estimate of drug-likeness (QED) is 0.328. The molecule has 0 radical (unpaired) electrons. The highest BCUT2D eigenvalue weighted by molar-refractivity contribution is 6.31. The van der Waals surface area contributed by atoms with Crippen molar-refractivity contribution in [1.29, 1.82) is 5.26 Å². The maximum Gasteiger partial charge on any atom is 0.130 e. The number of hydrogen-bond donors (Lipinski definition) is 0. The van der Waals surface area contributed by atoms with Crippen LogP contribution in [0.5, 0.6) is 5.75 Å². The van der Waals surface area contributed by atoms with Crippen molar-refractivity contribution in [2.24, 2.45) is 0 Å². The maximum absolute atomic E-state index is 8.98. The van der Waals surface area contributed by atoms with Gasteiger partial charge in [0.25, 0.3) is 0 Å². The van der Waals surface area contributed by atoms with Crippen LogP contribution < -0.4 is 4.74 Å². The van der Waals surface area contributed by atoms with E-state index < -0.39 is 0 Å². The molecule has 0 aliphatic carbocycles. The predicted octanol–water partition coefficient (Wildman–Crippen LogP) is 6.79. The van der Waals surface area contributed by atoms with E-state index in [0.717, 1.165) is 39.9 Å². The Labute approximate surface area is 187 Å². The normalized spacial score (nSPS) is 11.0. The third-order valence-electron chi connectivity index (χ3n) is 4.99. The van der Waals surface area contributed by atoms with Crippen molar-refractivity contribution in [2.75, 3.05) is 0 Å². The molecule has 152 valence electrons. The molecular weight excluding hydrogens is 404 g/mol. The lowest BCUT2D eigenvalue weighted by atomic mass is 10.0. The zero-order valence-electron chi connectivity index (χ0n) is 17.0. The lowest BCUT2D eigenvalue weighted by molar-refractivity contribution is 0.302. The summed E-state index contributed by atoms with van der Waals surface area (Å²) in [5, 5.41) is 10.7. The summed E-state index contributed by atoms with van der Waals surface area (Å²) in [6, 6.07) is 27.9. The molecule has 0 unspecified atom stereocenters. The minimum absolute atomic E-state index is 0.386. The van der Waals surface area contributed by atoms with Crippen molar-refractivity contribution in [2.45, 2.75) is 19.4 Å². The van der Waals surface area contributed by atoms with Crippen LogP contribution in [-0.4, -0.2) is 4.98 Å². The van der Waals surface area contributed by atoms with Crippen LogP contribution >= 0.6 is 11.6 Å². The summed E-state index contributed by atoms with van der Waals surface area (Å²) >= 11 is 6.07. The van der Waals surface area contributed by atoms with Gasteiger partial charge in [0.05, 0.1) is 23.7 Å². The average Bonchev–Trinajstić information content (AvgIpc) is 2.79. The standard InChI is InChI=1S/C27H21ClN2O/c28-24-13-11-23-12-14-25(30-27(23)18-24)19-31-26-10-4-6-20(17-26)5-3-9-21-7-1-2-8-22(21)15-16-29/h1-8,10-14,17-18H,9,15,19H2. The van der Waals surface area contributed by atoms with E-state index in [2.05, 4.69) is 29.3 Å². The van der Waals surface area contributed by atoms with Crippen LogP contribution in [0.2, 0.25) is 5.02 Å². The number of allylic oxidation sites excluding steroid dienone is 1. The highest BCUT2D eigenvalue weighted by Crippen LogP contribution is 2.20. The summed E-state index contributed by atoms with van der Waals surface area (Å²) < 4.78 is 5.96. The maximum atomic E-state index is 8.98. The Morgan fingerprint density at radius 1 is 0.935 bits per heavy atom. The molecule has 0 fully saturated rings. The van der Waals surface area contributed by atoms with Gasteiger partial charge < -0.3 is 4.74 Å². The summed E-state index contributed by atoms with van der Waals surface area (Å²) in [5.74, 6) is 0.792. The van der Waals surface area contributed by atoms with Crippen LogP contribution in [0.1, 0.15) is 22.4 Å². The number of nitriles is 1. The Bertz CT molecular complexity index is 1270. The topological polar surface area (TPSA) is 45.9 Å². The molecule has 3 aromatic carbocycles. The minimum Gasteiger partial charge on any atom is -0.487 e. The average molecular weight is 425 g/mol. The third-order valence-corrected chi connectivity index (χ3v) is 5.23. The van der Waals surface area contributed by atoms with Gasteiger partial charge in [-0.15, -0.1) is 0 Å². The van der Waals surface area contributed by atoms with Crippen molar-refractivity contribution >= 4 is 28.6 Å². The van der Waals surface area contributed by atoms with Gasteiger partial charge >= 0.3 is 0 Å². The minimum atomic E-state index is 0.386. The Hall–Kier alpha value is -3.61. The summed E-state index contributed by atoms with van der Waals surface area (Å²) in [4.78, 5) is 4.63. The van der Waals surface area contributed by atoms with Gasteiger partial charge in [-0.1, -0.05) is 72.3 Å². The Balaban J connectivity index is 1.41. The van der Waals surface area contributed by atoms with Crippen molar-refractivity contribution in [3.05, 3.63) is 112 Å². The van der Waals surface area contributed by atoms with E-state index in [1.165, 1.54) is 5.56 Å². The second kappa shape index (κ2) is 9.93. The number of hydrogen-bond acceptors (Lipinski definition) is 3. The number of halogens is 1. The fourth-order valence-corrected chi connectivity index (χ4v) is 3.58. The molecule has 0 saturated carbocycles. The number of aromatic nitrogens is 1. The van der Waals surface area contributed by atoms with Gasteiger partial charge in [-0.2, -0.15) is 5.26 Å². The Morgan fingerprint density at radius 2 is 1.77 bits per heavy atom. The van der Waals surface area contributed by atoms with E-state index in [0.29, 0.717) is 18.1 Å². The largest absolute Gasteiger partial charge is 0.487 e. The third kappa shape index (κ3) is 5.51. The molecule has 1 heterocycles. The number of pyridine rings is 1. The molecule has 0 bridgehead atoms. The molecule has 0 aliphatic heterocycles. The summed E-state index contributed by atoms with van der Waals surface area (Å²) in [7, 11) is 0. The molecule has 31 heavy (non-hydrogen) atoms. The van der Waals surface area contributed by atoms with Crippen LogP contribution in [0.4, 0.5) is 0 Å². The zero-order valence-corrected chi connectivity index (χ0v) is 17.7. The predicted molar refractivity (Wildman–Crippen MR) is 126 cm³/mol. The Morgan fingerprint density at radius 3 is 2.65 bits per heavy atom. The second-order valence-corrected chi connectivity index (χ2v) is 7.65. The van der Waals surface area contributed by atoms with Crippen LogP contribution in [-0.2, 0) is 19.4 Å². The molecule has 0 spiro atoms. The van der Waals surface area contributed by atoms with E-state index >= 15 is 0 Å². The van der Waals surface area contributed by atoms with Gasteiger partial charge in [-0.3, -0.25) is 0 Å². The first kappa shape index (κ1) is 20.7. The van der Waals surface area contributed by atoms with E-state index in [1.54, 1.807) is 0 Å².